The van der Waals surface area contributed by atoms with Crippen molar-refractivity contribution in [2.24, 2.45) is 0 Å². The van der Waals surface area contributed by atoms with Crippen molar-refractivity contribution in [3.8, 4) is 0 Å². The summed E-state index contributed by atoms with van der Waals surface area (Å²) < 4.78 is 17.3. The molecule has 4 atom stereocenters. The van der Waals surface area contributed by atoms with Crippen molar-refractivity contribution >= 4 is 12.1 Å². The summed E-state index contributed by atoms with van der Waals surface area (Å²) in [5, 5.41) is 5.50. The highest BCUT2D eigenvalue weighted by Gasteiger charge is 2.47. The van der Waals surface area contributed by atoms with Gasteiger partial charge in [0.15, 0.2) is 6.10 Å². The number of rotatable bonds is 5. The summed E-state index contributed by atoms with van der Waals surface area (Å²) in [5.74, 6) is 0. The fraction of sp³-hybridized carbons (Fsp3) is 0.474. The maximum atomic E-state index is 12.3. The van der Waals surface area contributed by atoms with E-state index in [0.29, 0.717) is 13.2 Å². The number of fused-ring (bicyclic) bond motifs is 1. The molecule has 0 aromatic heterocycles. The van der Waals surface area contributed by atoms with Gasteiger partial charge in [-0.25, -0.2) is 9.59 Å². The van der Waals surface area contributed by atoms with Crippen LogP contribution >= 0.6 is 0 Å². The summed E-state index contributed by atoms with van der Waals surface area (Å²) in [6.45, 7) is 1.02. The van der Waals surface area contributed by atoms with Crippen molar-refractivity contribution in [2.45, 2.75) is 31.0 Å². The molecule has 8 heteroatoms. The Morgan fingerprint density at radius 1 is 1.22 bits per heavy atom. The Labute approximate surface area is 158 Å². The predicted molar refractivity (Wildman–Crippen MR) is 98.2 cm³/mol. The van der Waals surface area contributed by atoms with Crippen LogP contribution in [-0.4, -0.2) is 68.7 Å². The van der Waals surface area contributed by atoms with Crippen molar-refractivity contribution in [1.29, 1.82) is 0 Å². The van der Waals surface area contributed by atoms with Crippen LogP contribution < -0.4 is 10.6 Å². The van der Waals surface area contributed by atoms with Crippen LogP contribution in [0.5, 0.6) is 0 Å². The molecule has 0 saturated carbocycles. The monoisotopic (exact) mass is 375 g/mol. The number of carbonyl (C=O) groups is 2. The molecule has 3 rings (SSSR count). The van der Waals surface area contributed by atoms with Gasteiger partial charge in [-0.15, -0.1) is 0 Å². The first-order valence-corrected chi connectivity index (χ1v) is 8.92. The van der Waals surface area contributed by atoms with E-state index in [9.17, 15) is 9.59 Å². The van der Waals surface area contributed by atoms with E-state index >= 15 is 0 Å². The molecule has 0 radical (unpaired) electrons. The molecule has 2 aliphatic rings. The van der Waals surface area contributed by atoms with Crippen LogP contribution in [0.25, 0.3) is 0 Å². The molecule has 1 aromatic carbocycles. The Balaban J connectivity index is 1.59. The standard InChI is InChI=1S/C19H25N3O5/c1-22(2)18(23)20-12-15-17(16-14(26-15)9-6-10-25-16)27-19(24)21-11-13-7-4-3-5-8-13/h3-9,14-17H,10-12H2,1-2H3,(H,20,23)(H,21,24)/t14-,15+,16+,17+/m0/s1. The van der Waals surface area contributed by atoms with Gasteiger partial charge in [0, 0.05) is 27.2 Å². The van der Waals surface area contributed by atoms with E-state index in [1.54, 1.807) is 14.1 Å². The largest absolute Gasteiger partial charge is 0.440 e. The minimum absolute atomic E-state index is 0.220. The van der Waals surface area contributed by atoms with Crippen LogP contribution in [-0.2, 0) is 20.8 Å². The van der Waals surface area contributed by atoms with Crippen molar-refractivity contribution in [1.82, 2.24) is 15.5 Å². The maximum absolute atomic E-state index is 12.3. The summed E-state index contributed by atoms with van der Waals surface area (Å²) >= 11 is 0. The van der Waals surface area contributed by atoms with Gasteiger partial charge < -0.3 is 29.7 Å². The summed E-state index contributed by atoms with van der Waals surface area (Å²) in [6, 6.07) is 9.33. The van der Waals surface area contributed by atoms with Gasteiger partial charge in [-0.1, -0.05) is 42.5 Å². The lowest BCUT2D eigenvalue weighted by molar-refractivity contribution is -0.0281. The quantitative estimate of drug-likeness (QED) is 0.757. The van der Waals surface area contributed by atoms with Crippen LogP contribution in [0.1, 0.15) is 5.56 Å². The molecule has 2 N–H and O–H groups in total. The van der Waals surface area contributed by atoms with Gasteiger partial charge in [0.2, 0.25) is 0 Å². The number of hydrogen-bond acceptors (Lipinski definition) is 5. The predicted octanol–water partition coefficient (Wildman–Crippen LogP) is 1.27. The average Bonchev–Trinajstić information content (AvgIpc) is 3.02. The molecule has 27 heavy (non-hydrogen) atoms. The molecule has 8 nitrogen and oxygen atoms in total. The van der Waals surface area contributed by atoms with Crippen LogP contribution in [0.15, 0.2) is 42.5 Å². The zero-order chi connectivity index (χ0) is 19.2. The highest BCUT2D eigenvalue weighted by atomic mass is 16.6. The first kappa shape index (κ1) is 19.2. The van der Waals surface area contributed by atoms with Crippen LogP contribution in [0.2, 0.25) is 0 Å². The average molecular weight is 375 g/mol. The molecule has 1 saturated heterocycles. The second kappa shape index (κ2) is 8.88. The third-order valence-corrected chi connectivity index (χ3v) is 4.44. The lowest BCUT2D eigenvalue weighted by atomic mass is 10.1. The summed E-state index contributed by atoms with van der Waals surface area (Å²) in [5.41, 5.74) is 0.974. The zero-order valence-corrected chi connectivity index (χ0v) is 15.5. The molecule has 1 fully saturated rings. The van der Waals surface area contributed by atoms with E-state index in [-0.39, 0.29) is 18.7 Å². The van der Waals surface area contributed by atoms with Gasteiger partial charge in [0.05, 0.1) is 6.61 Å². The third-order valence-electron chi connectivity index (χ3n) is 4.44. The molecule has 0 unspecified atom stereocenters. The number of ether oxygens (including phenoxy) is 3. The number of carbonyl (C=O) groups excluding carboxylic acids is 2. The smallest absolute Gasteiger partial charge is 0.407 e. The van der Waals surface area contributed by atoms with Gasteiger partial charge in [-0.3, -0.25) is 0 Å². The van der Waals surface area contributed by atoms with Crippen LogP contribution in [0.3, 0.4) is 0 Å². The van der Waals surface area contributed by atoms with Gasteiger partial charge >= 0.3 is 12.1 Å². The van der Waals surface area contributed by atoms with Crippen molar-refractivity contribution in [2.75, 3.05) is 27.2 Å². The highest BCUT2D eigenvalue weighted by Crippen LogP contribution is 2.29. The SMILES string of the molecule is CN(C)C(=O)NC[C@H]1O[C@H]2C=CCO[C@H]2[C@@H]1OC(=O)NCc1ccccc1. The highest BCUT2D eigenvalue weighted by molar-refractivity contribution is 5.73. The van der Waals surface area contributed by atoms with Gasteiger partial charge in [-0.05, 0) is 5.56 Å². The number of benzene rings is 1. The lowest BCUT2D eigenvalue weighted by Crippen LogP contribution is -2.46. The molecule has 2 aliphatic heterocycles. The first-order valence-electron chi connectivity index (χ1n) is 8.92. The first-order chi connectivity index (χ1) is 13.0. The second-order valence-corrected chi connectivity index (χ2v) is 6.65. The normalized spacial score (nSPS) is 26.1. The fourth-order valence-corrected chi connectivity index (χ4v) is 3.04. The van der Waals surface area contributed by atoms with Crippen LogP contribution in [0.4, 0.5) is 9.59 Å². The molecule has 2 heterocycles. The summed E-state index contributed by atoms with van der Waals surface area (Å²) in [7, 11) is 3.31. The van der Waals surface area contributed by atoms with Crippen LogP contribution in [0, 0.1) is 0 Å². The van der Waals surface area contributed by atoms with Crippen molar-refractivity contribution in [3.63, 3.8) is 0 Å². The van der Waals surface area contributed by atoms with E-state index in [0.717, 1.165) is 5.56 Å². The minimum atomic E-state index is -0.613. The van der Waals surface area contributed by atoms with E-state index in [1.807, 2.05) is 42.5 Å². The Kier molecular flexibility index (Phi) is 6.31. The number of nitrogens with zero attached hydrogens (tertiary/aromatic N) is 1. The Hall–Kier alpha value is -2.58. The zero-order valence-electron chi connectivity index (χ0n) is 15.5. The number of alkyl carbamates (subject to hydrolysis) is 1. The number of hydrogen-bond donors (Lipinski definition) is 2. The molecule has 0 spiro atoms. The molecular weight excluding hydrogens is 350 g/mol. The number of amides is 3. The van der Waals surface area contributed by atoms with Crippen molar-refractivity contribution in [3.05, 3.63) is 48.0 Å². The Morgan fingerprint density at radius 3 is 2.74 bits per heavy atom. The van der Waals surface area contributed by atoms with E-state index in [1.165, 1.54) is 4.90 Å². The lowest BCUT2D eigenvalue weighted by Gasteiger charge is -2.25. The Morgan fingerprint density at radius 2 is 2.00 bits per heavy atom. The minimum Gasteiger partial charge on any atom is -0.440 e. The Bertz CT molecular complexity index is 679. The molecule has 0 aliphatic carbocycles. The maximum Gasteiger partial charge on any atom is 0.407 e. The van der Waals surface area contributed by atoms with E-state index in [4.69, 9.17) is 14.2 Å². The van der Waals surface area contributed by atoms with Gasteiger partial charge in [0.1, 0.15) is 18.3 Å². The van der Waals surface area contributed by atoms with Gasteiger partial charge in [-0.2, -0.15) is 0 Å². The van der Waals surface area contributed by atoms with E-state index < -0.39 is 24.4 Å². The van der Waals surface area contributed by atoms with E-state index in [2.05, 4.69) is 10.6 Å². The number of urea groups is 1. The molecule has 1 aromatic rings. The molecule has 3 amide bonds. The number of nitrogens with one attached hydrogen (secondary N) is 2. The third kappa shape index (κ3) is 4.99. The summed E-state index contributed by atoms with van der Waals surface area (Å²) in [6.07, 6.45) is 1.43. The molecule has 146 valence electrons. The molecule has 0 bridgehead atoms. The van der Waals surface area contributed by atoms with Gasteiger partial charge in [0.25, 0.3) is 0 Å². The fourth-order valence-electron chi connectivity index (χ4n) is 3.04. The van der Waals surface area contributed by atoms with Crippen molar-refractivity contribution < 1.29 is 23.8 Å². The second-order valence-electron chi connectivity index (χ2n) is 6.65. The topological polar surface area (TPSA) is 89.1 Å². The molecular formula is C19H25N3O5. The summed E-state index contributed by atoms with van der Waals surface area (Å²) in [4.78, 5) is 25.5.